The summed E-state index contributed by atoms with van der Waals surface area (Å²) in [4.78, 5) is 21.6. The zero-order chi connectivity index (χ0) is 41.3. The molecule has 2 aromatic carbocycles. The lowest BCUT2D eigenvalue weighted by molar-refractivity contribution is -0.147. The number of aromatic nitrogens is 5. The Bertz CT molecular complexity index is 2690. The summed E-state index contributed by atoms with van der Waals surface area (Å²) in [7, 11) is -7.28. The van der Waals surface area contributed by atoms with Crippen LogP contribution in [0, 0.1) is 22.5 Å². The quantitative estimate of drug-likeness (QED) is 0.191. The SMILES string of the molecule is COC(=O)C1(Cc2cccc([C@@]3(C)CCCC(C)(C)CS(=O)(=O)CCc4c(c(F)c(F)c5c4ccn5S(C)(=O)=O)S(=O)c4ccnc(c4)-c4nc3nn4C)c2)CC1. The molecule has 17 heteroatoms. The molecule has 304 valence electrons. The van der Waals surface area contributed by atoms with Gasteiger partial charge in [0.2, 0.25) is 10.0 Å². The largest absolute Gasteiger partial charge is 0.469 e. The molecule has 3 aromatic heterocycles. The second-order valence-electron chi connectivity index (χ2n) is 16.4. The number of sulfone groups is 1. The molecule has 1 saturated carbocycles. The van der Waals surface area contributed by atoms with Crippen molar-refractivity contribution in [1.82, 2.24) is 23.7 Å². The lowest BCUT2D eigenvalue weighted by atomic mass is 9.75. The van der Waals surface area contributed by atoms with Gasteiger partial charge in [0.15, 0.2) is 33.1 Å². The summed E-state index contributed by atoms with van der Waals surface area (Å²) in [6, 6.07) is 12.1. The molecule has 57 heavy (non-hydrogen) atoms. The van der Waals surface area contributed by atoms with Gasteiger partial charge in [-0.1, -0.05) is 44.5 Å². The second-order valence-corrected chi connectivity index (χ2v) is 21.9. The Morgan fingerprint density at radius 3 is 2.46 bits per heavy atom. The third kappa shape index (κ3) is 7.69. The van der Waals surface area contributed by atoms with Gasteiger partial charge in [0.05, 0.1) is 51.4 Å². The molecule has 0 radical (unpaired) electrons. The molecular weight excluding hydrogens is 797 g/mol. The molecule has 1 aliphatic heterocycles. The van der Waals surface area contributed by atoms with E-state index in [1.807, 2.05) is 39.0 Å². The molecule has 1 aliphatic carbocycles. The average molecular weight is 842 g/mol. The fourth-order valence-electron chi connectivity index (χ4n) is 8.20. The first kappa shape index (κ1) is 40.8. The molecule has 12 nitrogen and oxygen atoms in total. The monoisotopic (exact) mass is 841 g/mol. The number of esters is 1. The van der Waals surface area contributed by atoms with Gasteiger partial charge in [0.1, 0.15) is 11.2 Å². The first-order valence-corrected chi connectivity index (χ1v) is 23.4. The maximum Gasteiger partial charge on any atom is 0.312 e. The van der Waals surface area contributed by atoms with Gasteiger partial charge in [0.25, 0.3) is 0 Å². The van der Waals surface area contributed by atoms with E-state index in [-0.39, 0.29) is 39.7 Å². The molecule has 2 atom stereocenters. The van der Waals surface area contributed by atoms with Crippen molar-refractivity contribution in [3.63, 3.8) is 0 Å². The molecule has 5 aromatic rings. The van der Waals surface area contributed by atoms with E-state index in [1.54, 1.807) is 11.7 Å². The molecule has 4 bridgehead atoms. The Kier molecular flexibility index (Phi) is 10.4. The maximum absolute atomic E-state index is 16.3. The second kappa shape index (κ2) is 14.5. The number of fused-ring (bicyclic) bond motifs is 8. The molecule has 1 unspecified atom stereocenters. The van der Waals surface area contributed by atoms with Gasteiger partial charge < -0.3 is 4.74 Å². The number of methoxy groups -OCH3 is 1. The van der Waals surface area contributed by atoms with E-state index in [0.717, 1.165) is 36.4 Å². The first-order chi connectivity index (χ1) is 26.7. The smallest absolute Gasteiger partial charge is 0.312 e. The molecule has 2 aliphatic rings. The number of ether oxygens (including phenoxy) is 1. The van der Waals surface area contributed by atoms with Crippen molar-refractivity contribution in [1.29, 1.82) is 0 Å². The molecular formula is C40H45F2N5O7S3. The highest BCUT2D eigenvalue weighted by Gasteiger charge is 2.51. The van der Waals surface area contributed by atoms with Gasteiger partial charge in [-0.25, -0.2) is 43.5 Å². The number of nitrogens with zero attached hydrogens (tertiary/aromatic N) is 5. The van der Waals surface area contributed by atoms with E-state index in [0.29, 0.717) is 41.3 Å². The van der Waals surface area contributed by atoms with Crippen LogP contribution >= 0.6 is 0 Å². The normalized spacial score (nSPS) is 21.9. The van der Waals surface area contributed by atoms with Gasteiger partial charge >= 0.3 is 5.97 Å². The molecule has 0 N–H and O–H groups in total. The van der Waals surface area contributed by atoms with Crippen molar-refractivity contribution in [2.45, 2.75) is 80.9 Å². The van der Waals surface area contributed by atoms with Crippen LogP contribution in [0.15, 0.2) is 64.6 Å². The number of rotatable bonds is 5. The number of benzene rings is 2. The van der Waals surface area contributed by atoms with Gasteiger partial charge in [-0.15, -0.1) is 0 Å². The van der Waals surface area contributed by atoms with E-state index in [9.17, 15) is 25.8 Å². The molecule has 0 spiro atoms. The number of carbonyl (C=O) groups is 1. The number of hydrogen-bond donors (Lipinski definition) is 0. The third-order valence-corrected chi connectivity index (χ3v) is 16.0. The zero-order valence-electron chi connectivity index (χ0n) is 32.6. The summed E-state index contributed by atoms with van der Waals surface area (Å²) in [5.74, 6) is -3.21. The minimum atomic E-state index is -4.10. The van der Waals surface area contributed by atoms with Crippen molar-refractivity contribution in [3.05, 3.63) is 89.0 Å². The Labute approximate surface area is 333 Å². The number of carbonyl (C=O) groups excluding carboxylic acids is 1. The van der Waals surface area contributed by atoms with E-state index in [4.69, 9.17) is 14.8 Å². The number of hydrogen-bond acceptors (Lipinski definition) is 10. The number of aryl methyl sites for hydroxylation is 2. The van der Waals surface area contributed by atoms with E-state index >= 15 is 8.78 Å². The Balaban J connectivity index is 1.38. The van der Waals surface area contributed by atoms with E-state index < -0.39 is 74.7 Å². The fourth-order valence-corrected chi connectivity index (χ4v) is 12.3. The standard InChI is InChI=1S/C40H45F2N5O7S3/c1-38(2)14-8-15-39(3,26-10-7-9-25(21-26)23-40(16-17-40)37(48)54-5)36-44-35(46(4)45-36)30-22-27(11-18-43-30)55(49)34-29(13-20-57(52,53)24-38)28-12-19-47(56(6,50)51)33(28)31(41)32(34)42/h7,9-12,18-19,21-22H,8,13-17,20,23-24H2,1-6H3/t39-,55?/m1/s1. The lowest BCUT2D eigenvalue weighted by Crippen LogP contribution is -2.29. The minimum Gasteiger partial charge on any atom is -0.469 e. The molecule has 1 fully saturated rings. The molecule has 7 rings (SSSR count). The van der Waals surface area contributed by atoms with Crippen LogP contribution in [0.2, 0.25) is 0 Å². The number of halogens is 2. The highest BCUT2D eigenvalue weighted by atomic mass is 32.2. The topological polar surface area (TPSA) is 160 Å². The minimum absolute atomic E-state index is 0.0335. The van der Waals surface area contributed by atoms with Gasteiger partial charge in [-0.05, 0) is 85.8 Å². The predicted molar refractivity (Wildman–Crippen MR) is 211 cm³/mol. The fraction of sp³-hybridized carbons (Fsp3) is 0.450. The van der Waals surface area contributed by atoms with Crippen LogP contribution in [0.25, 0.3) is 22.4 Å². The Hall–Kier alpha value is -4.35. The molecule has 0 saturated heterocycles. The number of pyridine rings is 1. The highest BCUT2D eigenvalue weighted by molar-refractivity contribution is 7.91. The van der Waals surface area contributed by atoms with E-state index in [2.05, 4.69) is 11.1 Å². The van der Waals surface area contributed by atoms with Crippen molar-refractivity contribution >= 4 is 47.5 Å². The predicted octanol–water partition coefficient (Wildman–Crippen LogP) is 6.05. The molecule has 4 heterocycles. The van der Waals surface area contributed by atoms with Crippen LogP contribution in [0.4, 0.5) is 8.78 Å². The lowest BCUT2D eigenvalue weighted by Gasteiger charge is -2.31. The first-order valence-electron chi connectivity index (χ1n) is 18.6. The highest BCUT2D eigenvalue weighted by Crippen LogP contribution is 2.50. The van der Waals surface area contributed by atoms with Gasteiger partial charge in [-0.2, -0.15) is 5.10 Å². The van der Waals surface area contributed by atoms with Crippen LogP contribution in [-0.4, -0.2) is 75.6 Å². The van der Waals surface area contributed by atoms with Crippen molar-refractivity contribution in [2.75, 3.05) is 24.9 Å². The van der Waals surface area contributed by atoms with Gasteiger partial charge in [-0.3, -0.25) is 9.78 Å². The van der Waals surface area contributed by atoms with Crippen LogP contribution < -0.4 is 0 Å². The van der Waals surface area contributed by atoms with Crippen LogP contribution in [0.5, 0.6) is 0 Å². The van der Waals surface area contributed by atoms with Crippen LogP contribution in [0.3, 0.4) is 0 Å². The Morgan fingerprint density at radius 1 is 1.04 bits per heavy atom. The zero-order valence-corrected chi connectivity index (χ0v) is 35.1. The maximum atomic E-state index is 16.3. The summed E-state index contributed by atoms with van der Waals surface area (Å²) in [5.41, 5.74) is -0.580. The van der Waals surface area contributed by atoms with Crippen LogP contribution in [0.1, 0.15) is 75.4 Å². The molecule has 0 amide bonds. The average Bonchev–Trinajstić information content (AvgIpc) is 3.58. The Morgan fingerprint density at radius 2 is 1.77 bits per heavy atom. The van der Waals surface area contributed by atoms with Gasteiger partial charge in [0, 0.05) is 29.7 Å². The third-order valence-electron chi connectivity index (χ3n) is 11.4. The van der Waals surface area contributed by atoms with E-state index in [1.165, 1.54) is 31.5 Å². The summed E-state index contributed by atoms with van der Waals surface area (Å²) in [6.07, 6.45) is 6.56. The van der Waals surface area contributed by atoms with Crippen LogP contribution in [-0.2, 0) is 65.5 Å². The summed E-state index contributed by atoms with van der Waals surface area (Å²) in [6.45, 7) is 5.76. The summed E-state index contributed by atoms with van der Waals surface area (Å²) in [5, 5.41) is 4.81. The van der Waals surface area contributed by atoms with Crippen molar-refractivity contribution in [3.8, 4) is 11.5 Å². The summed E-state index contributed by atoms with van der Waals surface area (Å²) >= 11 is 0. The van der Waals surface area contributed by atoms with Crippen molar-refractivity contribution in [2.24, 2.45) is 17.9 Å². The summed E-state index contributed by atoms with van der Waals surface area (Å²) < 4.78 is 107. The van der Waals surface area contributed by atoms with Crippen molar-refractivity contribution < 1.29 is 39.4 Å².